The van der Waals surface area contributed by atoms with Crippen LogP contribution in [0.15, 0.2) is 24.5 Å². The third-order valence-electron chi connectivity index (χ3n) is 5.34. The Balaban J connectivity index is 1.54. The molecule has 4 rings (SSSR count). The maximum Gasteiger partial charge on any atom is 0.241 e. The second kappa shape index (κ2) is 6.64. The number of sulfone groups is 1. The van der Waals surface area contributed by atoms with Crippen molar-refractivity contribution >= 4 is 15.7 Å². The van der Waals surface area contributed by atoms with E-state index in [1.165, 1.54) is 0 Å². The molecule has 2 N–H and O–H groups in total. The molecule has 3 fully saturated rings. The molecule has 8 nitrogen and oxygen atoms in total. The topological polar surface area (TPSA) is 94.6 Å². The number of fused-ring (bicyclic) bond motifs is 1. The van der Waals surface area contributed by atoms with Gasteiger partial charge in [-0.3, -0.25) is 20.1 Å². The number of nitrogens with zero attached hydrogens (tertiary/aromatic N) is 3. The first-order valence-electron chi connectivity index (χ1n) is 8.66. The van der Waals surface area contributed by atoms with Gasteiger partial charge in [0.25, 0.3) is 0 Å². The highest BCUT2D eigenvalue weighted by atomic mass is 32.2. The lowest BCUT2D eigenvalue weighted by Crippen LogP contribution is -2.62. The number of nitrogens with one attached hydrogen (secondary N) is 2. The number of piperazine rings is 1. The number of rotatable bonds is 3. The van der Waals surface area contributed by atoms with Crippen LogP contribution in [0.4, 0.5) is 0 Å². The summed E-state index contributed by atoms with van der Waals surface area (Å²) in [6.07, 6.45) is 4.23. The Hall–Kier alpha value is -1.55. The molecule has 0 saturated carbocycles. The minimum absolute atomic E-state index is 0.0145. The van der Waals surface area contributed by atoms with Gasteiger partial charge in [-0.2, -0.15) is 0 Å². The largest absolute Gasteiger partial charge is 0.334 e. The van der Waals surface area contributed by atoms with E-state index in [1.54, 1.807) is 17.3 Å². The predicted molar refractivity (Wildman–Crippen MR) is 92.1 cm³/mol. The molecule has 136 valence electrons. The van der Waals surface area contributed by atoms with Crippen molar-refractivity contribution in [3.63, 3.8) is 0 Å². The van der Waals surface area contributed by atoms with E-state index in [0.29, 0.717) is 19.6 Å². The Kier molecular flexibility index (Phi) is 4.48. The molecule has 1 aromatic heterocycles. The van der Waals surface area contributed by atoms with E-state index in [1.807, 2.05) is 12.1 Å². The Bertz CT molecular complexity index is 735. The average Bonchev–Trinajstić information content (AvgIpc) is 3.22. The molecule has 4 heterocycles. The van der Waals surface area contributed by atoms with Crippen LogP contribution in [0.25, 0.3) is 0 Å². The molecule has 0 radical (unpaired) electrons. The van der Waals surface area contributed by atoms with Crippen molar-refractivity contribution in [2.24, 2.45) is 0 Å². The minimum Gasteiger partial charge on any atom is -0.334 e. The number of amides is 1. The molecular weight excluding hydrogens is 342 g/mol. The predicted octanol–water partition coefficient (Wildman–Crippen LogP) is -1.24. The van der Waals surface area contributed by atoms with Crippen molar-refractivity contribution in [2.75, 3.05) is 31.1 Å². The van der Waals surface area contributed by atoms with Crippen LogP contribution in [0, 0.1) is 0 Å². The van der Waals surface area contributed by atoms with Crippen LogP contribution in [0.5, 0.6) is 0 Å². The molecule has 3 aliphatic rings. The van der Waals surface area contributed by atoms with Gasteiger partial charge in [0, 0.05) is 44.6 Å². The SMILES string of the molecule is O=C(C1CCNN1)N1CCN(Cc2ccncc2)[C@@H]2CS(=O)(=O)C[C@@H]21. The molecule has 3 saturated heterocycles. The smallest absolute Gasteiger partial charge is 0.241 e. The van der Waals surface area contributed by atoms with Crippen LogP contribution in [0.3, 0.4) is 0 Å². The highest BCUT2D eigenvalue weighted by molar-refractivity contribution is 7.91. The molecule has 25 heavy (non-hydrogen) atoms. The summed E-state index contributed by atoms with van der Waals surface area (Å²) in [7, 11) is -3.13. The molecule has 9 heteroatoms. The van der Waals surface area contributed by atoms with Gasteiger partial charge in [-0.1, -0.05) is 0 Å². The zero-order chi connectivity index (χ0) is 17.4. The second-order valence-corrected chi connectivity index (χ2v) is 9.14. The maximum absolute atomic E-state index is 12.8. The van der Waals surface area contributed by atoms with Crippen molar-refractivity contribution in [1.29, 1.82) is 0 Å². The zero-order valence-corrected chi connectivity index (χ0v) is 14.8. The van der Waals surface area contributed by atoms with Gasteiger partial charge < -0.3 is 4.90 Å². The lowest BCUT2D eigenvalue weighted by molar-refractivity contribution is -0.139. The van der Waals surface area contributed by atoms with Crippen LogP contribution in [-0.2, 0) is 21.2 Å². The molecule has 0 aromatic carbocycles. The summed E-state index contributed by atoms with van der Waals surface area (Å²) in [6.45, 7) is 2.69. The number of pyridine rings is 1. The van der Waals surface area contributed by atoms with E-state index in [4.69, 9.17) is 0 Å². The number of hydrogen-bond acceptors (Lipinski definition) is 7. The van der Waals surface area contributed by atoms with Gasteiger partial charge in [-0.05, 0) is 24.1 Å². The van der Waals surface area contributed by atoms with E-state index in [0.717, 1.165) is 18.5 Å². The first-order valence-corrected chi connectivity index (χ1v) is 10.5. The van der Waals surface area contributed by atoms with Crippen molar-refractivity contribution in [2.45, 2.75) is 31.1 Å². The van der Waals surface area contributed by atoms with Crippen LogP contribution in [-0.4, -0.2) is 78.4 Å². The Morgan fingerprint density at radius 2 is 1.96 bits per heavy atom. The minimum atomic E-state index is -3.13. The van der Waals surface area contributed by atoms with Crippen molar-refractivity contribution < 1.29 is 13.2 Å². The van der Waals surface area contributed by atoms with Gasteiger partial charge in [-0.15, -0.1) is 0 Å². The van der Waals surface area contributed by atoms with E-state index in [-0.39, 0.29) is 35.5 Å². The van der Waals surface area contributed by atoms with Crippen LogP contribution < -0.4 is 10.9 Å². The first-order chi connectivity index (χ1) is 12.0. The summed E-state index contributed by atoms with van der Waals surface area (Å²) in [5, 5.41) is 0. The number of hydrazine groups is 1. The fourth-order valence-corrected chi connectivity index (χ4v) is 6.10. The second-order valence-electron chi connectivity index (χ2n) is 6.98. The van der Waals surface area contributed by atoms with Crippen molar-refractivity contribution in [3.05, 3.63) is 30.1 Å². The molecule has 1 unspecified atom stereocenters. The van der Waals surface area contributed by atoms with E-state index >= 15 is 0 Å². The summed E-state index contributed by atoms with van der Waals surface area (Å²) in [6, 6.07) is 3.25. The molecular formula is C16H23N5O3S. The maximum atomic E-state index is 12.8. The standard InChI is InChI=1S/C16H23N5O3S/c22-16(13-3-6-18-19-13)21-8-7-20(9-12-1-4-17-5-2-12)14-10-25(23,24)11-15(14)21/h1-2,4-5,13-15,18-19H,3,6-11H2/t13?,14-,15+/m1/s1. The van der Waals surface area contributed by atoms with Gasteiger partial charge >= 0.3 is 0 Å². The molecule has 3 atom stereocenters. The fourth-order valence-electron chi connectivity index (χ4n) is 4.09. The lowest BCUT2D eigenvalue weighted by atomic mass is 10.0. The zero-order valence-electron chi connectivity index (χ0n) is 14.0. The van der Waals surface area contributed by atoms with E-state index < -0.39 is 9.84 Å². The molecule has 1 amide bonds. The van der Waals surface area contributed by atoms with Crippen molar-refractivity contribution in [1.82, 2.24) is 25.6 Å². The summed E-state index contributed by atoms with van der Waals surface area (Å²) >= 11 is 0. The summed E-state index contributed by atoms with van der Waals surface area (Å²) in [5.74, 6) is 0.208. The van der Waals surface area contributed by atoms with Crippen LogP contribution in [0.1, 0.15) is 12.0 Å². The Labute approximate surface area is 147 Å². The third-order valence-corrected chi connectivity index (χ3v) is 7.04. The van der Waals surface area contributed by atoms with Gasteiger partial charge in [0.1, 0.15) is 6.04 Å². The summed E-state index contributed by atoms with van der Waals surface area (Å²) < 4.78 is 24.6. The number of carbonyl (C=O) groups excluding carboxylic acids is 1. The third kappa shape index (κ3) is 3.41. The molecule has 3 aliphatic heterocycles. The molecule has 1 aromatic rings. The highest BCUT2D eigenvalue weighted by Gasteiger charge is 2.48. The van der Waals surface area contributed by atoms with E-state index in [2.05, 4.69) is 20.7 Å². The monoisotopic (exact) mass is 365 g/mol. The van der Waals surface area contributed by atoms with Gasteiger partial charge in [0.15, 0.2) is 9.84 Å². The van der Waals surface area contributed by atoms with Crippen molar-refractivity contribution in [3.8, 4) is 0 Å². The Morgan fingerprint density at radius 3 is 2.68 bits per heavy atom. The number of aromatic nitrogens is 1. The van der Waals surface area contributed by atoms with Gasteiger partial charge in [-0.25, -0.2) is 13.8 Å². The quantitative estimate of drug-likeness (QED) is 0.692. The number of carbonyl (C=O) groups is 1. The lowest BCUT2D eigenvalue weighted by Gasteiger charge is -2.44. The van der Waals surface area contributed by atoms with Gasteiger partial charge in [0.2, 0.25) is 5.91 Å². The van der Waals surface area contributed by atoms with Crippen LogP contribution >= 0.6 is 0 Å². The first kappa shape index (κ1) is 16.9. The molecule has 0 spiro atoms. The normalized spacial score (nSPS) is 31.8. The molecule has 0 bridgehead atoms. The van der Waals surface area contributed by atoms with E-state index in [9.17, 15) is 13.2 Å². The number of hydrogen-bond donors (Lipinski definition) is 2. The van der Waals surface area contributed by atoms with Crippen LogP contribution in [0.2, 0.25) is 0 Å². The van der Waals surface area contributed by atoms with Gasteiger partial charge in [0.05, 0.1) is 17.5 Å². The molecule has 0 aliphatic carbocycles. The fraction of sp³-hybridized carbons (Fsp3) is 0.625. The summed E-state index contributed by atoms with van der Waals surface area (Å²) in [5.41, 5.74) is 7.08. The highest BCUT2D eigenvalue weighted by Crippen LogP contribution is 2.29. The Morgan fingerprint density at radius 1 is 1.20 bits per heavy atom. The summed E-state index contributed by atoms with van der Waals surface area (Å²) in [4.78, 5) is 20.8. The average molecular weight is 365 g/mol.